The molecular weight excluding hydrogens is 250 g/mol. The number of aromatic nitrogens is 2. The van der Waals surface area contributed by atoms with Crippen LogP contribution in [-0.4, -0.2) is 16.5 Å². The van der Waals surface area contributed by atoms with Gasteiger partial charge < -0.3 is 10.7 Å². The minimum absolute atomic E-state index is 0.382. The van der Waals surface area contributed by atoms with E-state index in [0.717, 1.165) is 36.6 Å². The molecule has 0 aromatic carbocycles. The summed E-state index contributed by atoms with van der Waals surface area (Å²) in [5.41, 5.74) is 4.51. The zero-order chi connectivity index (χ0) is 15.0. The van der Waals surface area contributed by atoms with Crippen LogP contribution in [0.5, 0.6) is 0 Å². The molecule has 0 spiro atoms. The van der Waals surface area contributed by atoms with Crippen molar-refractivity contribution >= 4 is 11.6 Å². The van der Waals surface area contributed by atoms with E-state index in [1.807, 2.05) is 0 Å². The number of anilines is 2. The van der Waals surface area contributed by atoms with Crippen molar-refractivity contribution in [2.24, 2.45) is 22.6 Å². The highest BCUT2D eigenvalue weighted by atomic mass is 15.3. The molecule has 0 radical (unpaired) electrons. The molecule has 0 amide bonds. The number of rotatable bonds is 6. The molecule has 1 aromatic rings. The van der Waals surface area contributed by atoms with E-state index in [9.17, 15) is 0 Å². The Kier molecular flexibility index (Phi) is 3.91. The van der Waals surface area contributed by atoms with Crippen LogP contribution < -0.4 is 16.6 Å². The first-order chi connectivity index (χ1) is 9.36. The van der Waals surface area contributed by atoms with E-state index >= 15 is 0 Å². The molecule has 2 rings (SSSR count). The molecule has 1 aliphatic rings. The van der Waals surface area contributed by atoms with Gasteiger partial charge >= 0.3 is 0 Å². The van der Waals surface area contributed by atoms with Gasteiger partial charge in [0.15, 0.2) is 0 Å². The van der Waals surface area contributed by atoms with E-state index in [4.69, 9.17) is 5.84 Å². The zero-order valence-electron chi connectivity index (χ0n) is 13.2. The summed E-state index contributed by atoms with van der Waals surface area (Å²) in [6.07, 6.45) is 3.51. The largest absolute Gasteiger partial charge is 0.369 e. The van der Waals surface area contributed by atoms with Gasteiger partial charge in [0.25, 0.3) is 0 Å². The predicted octanol–water partition coefficient (Wildman–Crippen LogP) is 2.81. The summed E-state index contributed by atoms with van der Waals surface area (Å²) in [5.74, 6) is 7.83. The molecular formula is C15H27N5. The summed E-state index contributed by atoms with van der Waals surface area (Å²) in [4.78, 5) is 8.57. The highest BCUT2D eigenvalue weighted by Crippen LogP contribution is 2.68. The summed E-state index contributed by atoms with van der Waals surface area (Å²) >= 11 is 0. The number of hydrogen-bond acceptors (Lipinski definition) is 5. The maximum Gasteiger partial charge on any atom is 0.148 e. The van der Waals surface area contributed by atoms with Gasteiger partial charge in [-0.25, -0.2) is 15.8 Å². The van der Waals surface area contributed by atoms with Crippen LogP contribution in [0.3, 0.4) is 0 Å². The highest BCUT2D eigenvalue weighted by Gasteiger charge is 2.64. The van der Waals surface area contributed by atoms with Crippen molar-refractivity contribution in [3.05, 3.63) is 11.9 Å². The van der Waals surface area contributed by atoms with E-state index in [2.05, 4.69) is 55.3 Å². The summed E-state index contributed by atoms with van der Waals surface area (Å²) in [6.45, 7) is 12.4. The Bertz CT molecular complexity index is 467. The number of nitrogens with two attached hydrogens (primary N) is 1. The Hall–Kier alpha value is -1.36. The molecule has 0 atom stereocenters. The van der Waals surface area contributed by atoms with Gasteiger partial charge in [0, 0.05) is 12.1 Å². The molecule has 1 aliphatic carbocycles. The maximum atomic E-state index is 5.54. The monoisotopic (exact) mass is 277 g/mol. The lowest BCUT2D eigenvalue weighted by molar-refractivity contribution is 0.457. The average Bonchev–Trinajstić information content (AvgIpc) is 2.79. The first kappa shape index (κ1) is 15.0. The number of hydrogen-bond donors (Lipinski definition) is 3. The van der Waals surface area contributed by atoms with Crippen LogP contribution in [0.15, 0.2) is 6.33 Å². The van der Waals surface area contributed by atoms with Crippen LogP contribution in [0.2, 0.25) is 0 Å². The molecule has 1 saturated carbocycles. The molecule has 20 heavy (non-hydrogen) atoms. The van der Waals surface area contributed by atoms with Crippen molar-refractivity contribution < 1.29 is 0 Å². The molecule has 1 fully saturated rings. The normalized spacial score (nSPS) is 19.7. The van der Waals surface area contributed by atoms with Crippen LogP contribution in [0.25, 0.3) is 0 Å². The lowest BCUT2D eigenvalue weighted by Crippen LogP contribution is -2.16. The van der Waals surface area contributed by atoms with Gasteiger partial charge in [0.2, 0.25) is 0 Å². The van der Waals surface area contributed by atoms with Crippen molar-refractivity contribution in [3.63, 3.8) is 0 Å². The van der Waals surface area contributed by atoms with Gasteiger partial charge in [0.05, 0.1) is 0 Å². The number of hydrazine groups is 1. The lowest BCUT2D eigenvalue weighted by Gasteiger charge is -2.14. The summed E-state index contributed by atoms with van der Waals surface area (Å²) in [5, 5.41) is 3.50. The molecule has 0 aliphatic heterocycles. The topological polar surface area (TPSA) is 75.9 Å². The third-order valence-corrected chi connectivity index (χ3v) is 5.38. The fourth-order valence-electron chi connectivity index (χ4n) is 3.22. The Balaban J connectivity index is 2.11. The van der Waals surface area contributed by atoms with Crippen molar-refractivity contribution in [2.45, 2.75) is 47.5 Å². The smallest absolute Gasteiger partial charge is 0.148 e. The van der Waals surface area contributed by atoms with Crippen LogP contribution in [0.4, 0.5) is 11.6 Å². The van der Waals surface area contributed by atoms with Gasteiger partial charge in [-0.05, 0) is 23.2 Å². The highest BCUT2D eigenvalue weighted by molar-refractivity contribution is 5.57. The fourth-order valence-corrected chi connectivity index (χ4v) is 3.22. The number of nitrogens with zero attached hydrogens (tertiary/aromatic N) is 2. The van der Waals surface area contributed by atoms with Crippen LogP contribution >= 0.6 is 0 Å². The minimum atomic E-state index is 0.382. The van der Waals surface area contributed by atoms with E-state index in [1.54, 1.807) is 6.33 Å². The standard InChI is InChI=1S/C15H27N5/c1-6-7-10-12(18-9-19-13(10)20-16)17-8-11-14(2,3)15(11,4)5/h9,11H,6-8,16H2,1-5H3,(H2,17,18,19,20). The van der Waals surface area contributed by atoms with Crippen molar-refractivity contribution in [2.75, 3.05) is 17.3 Å². The molecule has 5 nitrogen and oxygen atoms in total. The van der Waals surface area contributed by atoms with Gasteiger partial charge in [-0.3, -0.25) is 0 Å². The van der Waals surface area contributed by atoms with Crippen molar-refractivity contribution in [3.8, 4) is 0 Å². The molecule has 0 bridgehead atoms. The Morgan fingerprint density at radius 1 is 1.15 bits per heavy atom. The van der Waals surface area contributed by atoms with Crippen LogP contribution in [0.1, 0.15) is 46.6 Å². The summed E-state index contributed by atoms with van der Waals surface area (Å²) in [6, 6.07) is 0. The second kappa shape index (κ2) is 5.20. The number of nitrogen functional groups attached to an aromatic ring is 1. The lowest BCUT2D eigenvalue weighted by atomic mass is 10.0. The van der Waals surface area contributed by atoms with Gasteiger partial charge in [0.1, 0.15) is 18.0 Å². The Morgan fingerprint density at radius 3 is 2.25 bits per heavy atom. The molecule has 5 heteroatoms. The Morgan fingerprint density at radius 2 is 1.75 bits per heavy atom. The number of nitrogens with one attached hydrogen (secondary N) is 2. The van der Waals surface area contributed by atoms with Gasteiger partial charge in [-0.1, -0.05) is 41.0 Å². The van der Waals surface area contributed by atoms with E-state index in [1.165, 1.54) is 0 Å². The van der Waals surface area contributed by atoms with Crippen molar-refractivity contribution in [1.82, 2.24) is 9.97 Å². The first-order valence-corrected chi connectivity index (χ1v) is 7.40. The van der Waals surface area contributed by atoms with Crippen LogP contribution in [0, 0.1) is 16.7 Å². The van der Waals surface area contributed by atoms with Gasteiger partial charge in [-0.2, -0.15) is 0 Å². The van der Waals surface area contributed by atoms with Crippen molar-refractivity contribution in [1.29, 1.82) is 0 Å². The molecule has 0 unspecified atom stereocenters. The van der Waals surface area contributed by atoms with E-state index in [0.29, 0.717) is 16.7 Å². The quantitative estimate of drug-likeness (QED) is 0.550. The maximum absolute atomic E-state index is 5.54. The molecule has 1 aromatic heterocycles. The second-order valence-electron chi connectivity index (χ2n) is 6.82. The zero-order valence-corrected chi connectivity index (χ0v) is 13.2. The summed E-state index contributed by atoms with van der Waals surface area (Å²) < 4.78 is 0. The predicted molar refractivity (Wildman–Crippen MR) is 83.4 cm³/mol. The summed E-state index contributed by atoms with van der Waals surface area (Å²) in [7, 11) is 0. The fraction of sp³-hybridized carbons (Fsp3) is 0.733. The average molecular weight is 277 g/mol. The molecule has 0 saturated heterocycles. The molecule has 4 N–H and O–H groups in total. The van der Waals surface area contributed by atoms with Gasteiger partial charge in [-0.15, -0.1) is 0 Å². The SMILES string of the molecule is CCCc1c(NN)ncnc1NCC1C(C)(C)C1(C)C. The first-order valence-electron chi connectivity index (χ1n) is 7.40. The third-order valence-electron chi connectivity index (χ3n) is 5.38. The molecule has 1 heterocycles. The minimum Gasteiger partial charge on any atom is -0.369 e. The second-order valence-corrected chi connectivity index (χ2v) is 6.82. The van der Waals surface area contributed by atoms with Crippen LogP contribution in [-0.2, 0) is 6.42 Å². The third kappa shape index (κ3) is 2.35. The van der Waals surface area contributed by atoms with E-state index in [-0.39, 0.29) is 0 Å². The molecule has 112 valence electrons. The Labute approximate surface area is 121 Å². The van der Waals surface area contributed by atoms with E-state index < -0.39 is 0 Å².